The van der Waals surface area contributed by atoms with Crippen LogP contribution in [0, 0.1) is 0 Å². The second kappa shape index (κ2) is 7.68. The normalized spacial score (nSPS) is 19.6. The first-order valence-corrected chi connectivity index (χ1v) is 6.58. The van der Waals surface area contributed by atoms with Crippen molar-refractivity contribution >= 4 is 18.0 Å². The van der Waals surface area contributed by atoms with Crippen molar-refractivity contribution in [2.75, 3.05) is 13.2 Å². The van der Waals surface area contributed by atoms with E-state index in [1.165, 1.54) is 4.90 Å². The molecule has 0 aromatic heterocycles. The number of carboxylic acids is 2. The minimum Gasteiger partial charge on any atom is -0.481 e. The quantitative estimate of drug-likeness (QED) is 0.516. The Kier molecular flexibility index (Phi) is 6.23. The molecule has 1 fully saturated rings. The summed E-state index contributed by atoms with van der Waals surface area (Å²) in [7, 11) is 0. The molecule has 1 heterocycles. The first-order valence-electron chi connectivity index (χ1n) is 6.58. The number of rotatable bonds is 7. The third kappa shape index (κ3) is 4.69. The van der Waals surface area contributed by atoms with Gasteiger partial charge >= 0.3 is 18.0 Å². The maximum atomic E-state index is 12.0. The summed E-state index contributed by atoms with van der Waals surface area (Å²) in [5.41, 5.74) is 0. The van der Waals surface area contributed by atoms with Crippen molar-refractivity contribution < 1.29 is 29.7 Å². The minimum absolute atomic E-state index is 0.0605. The molecule has 20 heavy (non-hydrogen) atoms. The fourth-order valence-electron chi connectivity index (χ4n) is 2.24. The number of amides is 2. The van der Waals surface area contributed by atoms with Crippen LogP contribution >= 0.6 is 0 Å². The molecule has 2 atom stereocenters. The van der Waals surface area contributed by atoms with E-state index in [9.17, 15) is 14.4 Å². The van der Waals surface area contributed by atoms with Gasteiger partial charge in [-0.2, -0.15) is 0 Å². The summed E-state index contributed by atoms with van der Waals surface area (Å²) >= 11 is 0. The van der Waals surface area contributed by atoms with Gasteiger partial charge in [-0.1, -0.05) is 0 Å². The minimum atomic E-state index is -1.19. The maximum absolute atomic E-state index is 12.0. The van der Waals surface area contributed by atoms with E-state index in [1.54, 1.807) is 0 Å². The lowest BCUT2D eigenvalue weighted by Crippen LogP contribution is -2.50. The van der Waals surface area contributed by atoms with E-state index in [1.807, 2.05) is 0 Å². The van der Waals surface area contributed by atoms with Crippen LogP contribution in [0.5, 0.6) is 0 Å². The van der Waals surface area contributed by atoms with Gasteiger partial charge in [-0.3, -0.25) is 4.79 Å². The number of aliphatic carboxylic acids is 2. The average Bonchev–Trinajstić information content (AvgIpc) is 2.85. The fourth-order valence-corrected chi connectivity index (χ4v) is 2.24. The summed E-state index contributed by atoms with van der Waals surface area (Å²) < 4.78 is 0. The number of urea groups is 1. The Morgan fingerprint density at radius 1 is 1.30 bits per heavy atom. The predicted octanol–water partition coefficient (Wildman–Crippen LogP) is -0.139. The van der Waals surface area contributed by atoms with Crippen molar-refractivity contribution in [2.45, 2.75) is 44.2 Å². The molecule has 0 saturated carbocycles. The zero-order valence-corrected chi connectivity index (χ0v) is 11.1. The second-order valence-electron chi connectivity index (χ2n) is 4.80. The summed E-state index contributed by atoms with van der Waals surface area (Å²) in [6.07, 6.45) is 1.57. The van der Waals surface area contributed by atoms with Gasteiger partial charge in [-0.25, -0.2) is 9.59 Å². The van der Waals surface area contributed by atoms with Crippen molar-refractivity contribution in [3.05, 3.63) is 0 Å². The number of carbonyl (C=O) groups is 3. The van der Waals surface area contributed by atoms with Crippen LogP contribution in [-0.4, -0.2) is 63.4 Å². The lowest BCUT2D eigenvalue weighted by atomic mass is 10.1. The van der Waals surface area contributed by atoms with E-state index in [0.29, 0.717) is 13.0 Å². The Balaban J connectivity index is 2.50. The molecule has 114 valence electrons. The van der Waals surface area contributed by atoms with E-state index < -0.39 is 24.0 Å². The molecule has 0 aliphatic carbocycles. The summed E-state index contributed by atoms with van der Waals surface area (Å²) in [6.45, 7) is 0.336. The average molecular weight is 288 g/mol. The lowest BCUT2D eigenvalue weighted by molar-refractivity contribution is -0.140. The number of carbonyl (C=O) groups excluding carboxylic acids is 1. The molecule has 4 N–H and O–H groups in total. The zero-order valence-electron chi connectivity index (χ0n) is 11.1. The van der Waals surface area contributed by atoms with Crippen LogP contribution in [0.4, 0.5) is 4.79 Å². The molecule has 0 spiro atoms. The summed E-state index contributed by atoms with van der Waals surface area (Å²) in [6, 6.07) is -1.91. The van der Waals surface area contributed by atoms with Crippen LogP contribution in [0.3, 0.4) is 0 Å². The molecule has 1 saturated heterocycles. The molecule has 8 nitrogen and oxygen atoms in total. The number of nitrogens with one attached hydrogen (secondary N) is 1. The van der Waals surface area contributed by atoms with Gasteiger partial charge in [0.25, 0.3) is 0 Å². The molecule has 1 rings (SSSR count). The Labute approximate surface area is 116 Å². The lowest BCUT2D eigenvalue weighted by Gasteiger charge is -2.25. The van der Waals surface area contributed by atoms with Gasteiger partial charge in [-0.05, 0) is 25.7 Å². The number of nitrogens with zero attached hydrogens (tertiary/aromatic N) is 1. The van der Waals surface area contributed by atoms with Crippen LogP contribution in [0.25, 0.3) is 0 Å². The highest BCUT2D eigenvalue weighted by molar-refractivity contribution is 5.82. The van der Waals surface area contributed by atoms with E-state index in [-0.39, 0.29) is 31.9 Å². The van der Waals surface area contributed by atoms with Crippen LogP contribution < -0.4 is 5.32 Å². The van der Waals surface area contributed by atoms with Gasteiger partial charge in [0.1, 0.15) is 6.04 Å². The van der Waals surface area contributed by atoms with Crippen LogP contribution in [-0.2, 0) is 9.59 Å². The molecule has 2 amide bonds. The molecule has 8 heteroatoms. The van der Waals surface area contributed by atoms with E-state index >= 15 is 0 Å². The first kappa shape index (κ1) is 16.2. The fraction of sp³-hybridized carbons (Fsp3) is 0.750. The molecule has 1 unspecified atom stereocenters. The van der Waals surface area contributed by atoms with Crippen LogP contribution in [0.2, 0.25) is 0 Å². The number of carboxylic acid groups (broad SMARTS) is 2. The molecule has 0 aromatic carbocycles. The maximum Gasteiger partial charge on any atom is 0.326 e. The van der Waals surface area contributed by atoms with Crippen molar-refractivity contribution in [1.29, 1.82) is 0 Å². The van der Waals surface area contributed by atoms with Gasteiger partial charge in [-0.15, -0.1) is 0 Å². The van der Waals surface area contributed by atoms with Gasteiger partial charge in [0.15, 0.2) is 0 Å². The highest BCUT2D eigenvalue weighted by Gasteiger charge is 2.30. The van der Waals surface area contributed by atoms with E-state index in [4.69, 9.17) is 15.3 Å². The van der Waals surface area contributed by atoms with Gasteiger partial charge in [0.2, 0.25) is 0 Å². The summed E-state index contributed by atoms with van der Waals surface area (Å²) in [5.74, 6) is -2.19. The van der Waals surface area contributed by atoms with Gasteiger partial charge in [0, 0.05) is 13.0 Å². The highest BCUT2D eigenvalue weighted by Crippen LogP contribution is 2.16. The van der Waals surface area contributed by atoms with E-state index in [2.05, 4.69) is 5.32 Å². The van der Waals surface area contributed by atoms with Gasteiger partial charge in [0.05, 0.1) is 12.6 Å². The third-order valence-electron chi connectivity index (χ3n) is 3.33. The number of likely N-dealkylation sites (tertiary alicyclic amines) is 1. The Morgan fingerprint density at radius 3 is 2.55 bits per heavy atom. The number of hydrogen-bond acceptors (Lipinski definition) is 4. The highest BCUT2D eigenvalue weighted by atomic mass is 16.4. The molecular weight excluding hydrogens is 268 g/mol. The van der Waals surface area contributed by atoms with Crippen LogP contribution in [0.15, 0.2) is 0 Å². The van der Waals surface area contributed by atoms with Gasteiger partial charge < -0.3 is 25.5 Å². The third-order valence-corrected chi connectivity index (χ3v) is 3.33. The molecule has 0 bridgehead atoms. The number of aliphatic hydroxyl groups excluding tert-OH is 1. The number of aliphatic hydroxyl groups is 1. The Hall–Kier alpha value is -1.83. The number of hydrogen-bond donors (Lipinski definition) is 4. The summed E-state index contributed by atoms with van der Waals surface area (Å²) in [5, 5.41) is 29.0. The smallest absolute Gasteiger partial charge is 0.326 e. The standard InChI is InChI=1S/C12H20N2O6/c15-7-8-3-2-6-14(8)12(20)13-9(11(18)19)4-1-5-10(16)17/h8-9,15H,1-7H2,(H,13,20)(H,16,17)(H,18,19)/t8?,9-/m1/s1. The Morgan fingerprint density at radius 2 is 2.00 bits per heavy atom. The molecule has 0 aromatic rings. The first-order chi connectivity index (χ1) is 9.45. The summed E-state index contributed by atoms with van der Waals surface area (Å²) in [4.78, 5) is 34.8. The molecular formula is C12H20N2O6. The van der Waals surface area contributed by atoms with E-state index in [0.717, 1.165) is 6.42 Å². The van der Waals surface area contributed by atoms with Crippen LogP contribution in [0.1, 0.15) is 32.1 Å². The van der Waals surface area contributed by atoms with Crippen molar-refractivity contribution in [1.82, 2.24) is 10.2 Å². The van der Waals surface area contributed by atoms with Crippen molar-refractivity contribution in [3.63, 3.8) is 0 Å². The Bertz CT molecular complexity index is 373. The van der Waals surface area contributed by atoms with Crippen molar-refractivity contribution in [2.24, 2.45) is 0 Å². The predicted molar refractivity (Wildman–Crippen MR) is 68.3 cm³/mol. The molecule has 1 aliphatic heterocycles. The second-order valence-corrected chi connectivity index (χ2v) is 4.80. The largest absolute Gasteiger partial charge is 0.481 e. The topological polar surface area (TPSA) is 127 Å². The zero-order chi connectivity index (χ0) is 15.1. The monoisotopic (exact) mass is 288 g/mol. The van der Waals surface area contributed by atoms with Crippen molar-refractivity contribution in [3.8, 4) is 0 Å². The SMILES string of the molecule is O=C(O)CCC[C@@H](NC(=O)N1CCCC1CO)C(=O)O. The molecule has 0 radical (unpaired) electrons. The molecule has 1 aliphatic rings.